The quantitative estimate of drug-likeness (QED) is 0.671. The first kappa shape index (κ1) is 17.2. The van der Waals surface area contributed by atoms with Crippen molar-refractivity contribution in [3.8, 4) is 5.75 Å². The summed E-state index contributed by atoms with van der Waals surface area (Å²) in [7, 11) is 1.45. The van der Waals surface area contributed by atoms with E-state index >= 15 is 0 Å². The minimum Gasteiger partial charge on any atom is -0.482 e. The van der Waals surface area contributed by atoms with Gasteiger partial charge in [-0.25, -0.2) is 4.79 Å². The summed E-state index contributed by atoms with van der Waals surface area (Å²) in [5.74, 6) is -1.65. The van der Waals surface area contributed by atoms with Crippen LogP contribution in [0.4, 0.5) is 5.69 Å². The summed E-state index contributed by atoms with van der Waals surface area (Å²) >= 11 is 3.24. The minimum atomic E-state index is -1.15. The second-order valence-corrected chi connectivity index (χ2v) is 5.67. The Hall–Kier alpha value is -2.13. The molecule has 0 aromatic heterocycles. The van der Waals surface area contributed by atoms with Gasteiger partial charge in [-0.2, -0.15) is 0 Å². The summed E-state index contributed by atoms with van der Waals surface area (Å²) in [6.45, 7) is 0.0685. The molecule has 1 aromatic rings. The zero-order valence-electron chi connectivity index (χ0n) is 12.2. The number of anilines is 1. The molecule has 23 heavy (non-hydrogen) atoms. The summed E-state index contributed by atoms with van der Waals surface area (Å²) in [6.07, 6.45) is 0.146. The number of halogens is 1. The number of methoxy groups -OCH3 is 1. The lowest BCUT2D eigenvalue weighted by molar-refractivity contribution is -0.139. The Bertz CT molecular complexity index is 648. The van der Waals surface area contributed by atoms with E-state index in [4.69, 9.17) is 14.6 Å². The standard InChI is InChI=1S/C14H15BrN2O6/c1-22-3-2-9(14(20)21)17-13(19)7-4-11-10(5-8(7)15)16-12(18)6-23-11/h4-5,9H,2-3,6H2,1H3,(H,16,18)(H,17,19)(H,20,21). The Morgan fingerprint density at radius 3 is 2.91 bits per heavy atom. The number of nitrogens with one attached hydrogen (secondary N) is 2. The molecule has 2 rings (SSSR count). The van der Waals surface area contributed by atoms with E-state index in [0.29, 0.717) is 15.9 Å². The Morgan fingerprint density at radius 1 is 1.52 bits per heavy atom. The van der Waals surface area contributed by atoms with Crippen LogP contribution in [0.2, 0.25) is 0 Å². The first-order valence-electron chi connectivity index (χ1n) is 6.71. The van der Waals surface area contributed by atoms with Crippen LogP contribution in [0.3, 0.4) is 0 Å². The molecule has 124 valence electrons. The third kappa shape index (κ3) is 4.20. The van der Waals surface area contributed by atoms with Crippen LogP contribution < -0.4 is 15.4 Å². The number of carbonyl (C=O) groups excluding carboxylic acids is 2. The highest BCUT2D eigenvalue weighted by atomic mass is 79.9. The molecule has 9 heteroatoms. The monoisotopic (exact) mass is 386 g/mol. The summed E-state index contributed by atoms with van der Waals surface area (Å²) in [4.78, 5) is 34.7. The van der Waals surface area contributed by atoms with Crippen LogP contribution >= 0.6 is 15.9 Å². The van der Waals surface area contributed by atoms with Crippen molar-refractivity contribution < 1.29 is 29.0 Å². The van der Waals surface area contributed by atoms with Crippen LogP contribution in [0.5, 0.6) is 5.75 Å². The molecular formula is C14H15BrN2O6. The predicted molar refractivity (Wildman–Crippen MR) is 83.6 cm³/mol. The zero-order valence-corrected chi connectivity index (χ0v) is 13.8. The molecule has 1 unspecified atom stereocenters. The summed E-state index contributed by atoms with van der Waals surface area (Å²) in [5.41, 5.74) is 0.655. The van der Waals surface area contributed by atoms with E-state index in [-0.39, 0.29) is 31.1 Å². The summed E-state index contributed by atoms with van der Waals surface area (Å²) < 4.78 is 10.5. The molecule has 0 aliphatic carbocycles. The number of aliphatic carboxylic acids is 1. The Balaban J connectivity index is 2.18. The van der Waals surface area contributed by atoms with Crippen molar-refractivity contribution >= 4 is 39.4 Å². The van der Waals surface area contributed by atoms with E-state index in [1.807, 2.05) is 0 Å². The second-order valence-electron chi connectivity index (χ2n) is 4.81. The fraction of sp³-hybridized carbons (Fsp3) is 0.357. The molecule has 0 saturated heterocycles. The number of fused-ring (bicyclic) bond motifs is 1. The van der Waals surface area contributed by atoms with Gasteiger partial charge in [-0.15, -0.1) is 0 Å². The Kier molecular flexibility index (Phi) is 5.56. The topological polar surface area (TPSA) is 114 Å². The van der Waals surface area contributed by atoms with E-state index in [1.165, 1.54) is 19.2 Å². The van der Waals surface area contributed by atoms with Crippen molar-refractivity contribution in [3.05, 3.63) is 22.2 Å². The van der Waals surface area contributed by atoms with Crippen LogP contribution in [0.15, 0.2) is 16.6 Å². The van der Waals surface area contributed by atoms with Gasteiger partial charge in [0.1, 0.15) is 11.8 Å². The van der Waals surface area contributed by atoms with Crippen LogP contribution in [0, 0.1) is 0 Å². The van der Waals surface area contributed by atoms with E-state index in [0.717, 1.165) is 0 Å². The number of rotatable bonds is 6. The Labute approximate surface area is 140 Å². The normalized spacial score (nSPS) is 14.3. The molecule has 0 spiro atoms. The summed E-state index contributed by atoms with van der Waals surface area (Å²) in [6, 6.07) is 1.92. The highest BCUT2D eigenvalue weighted by Crippen LogP contribution is 2.33. The van der Waals surface area contributed by atoms with Crippen LogP contribution in [-0.4, -0.2) is 49.3 Å². The van der Waals surface area contributed by atoms with Crippen molar-refractivity contribution in [1.29, 1.82) is 0 Å². The smallest absolute Gasteiger partial charge is 0.326 e. The highest BCUT2D eigenvalue weighted by molar-refractivity contribution is 9.10. The van der Waals surface area contributed by atoms with Crippen LogP contribution in [0.25, 0.3) is 0 Å². The molecule has 1 aliphatic rings. The van der Waals surface area contributed by atoms with E-state index in [2.05, 4.69) is 26.6 Å². The number of benzene rings is 1. The van der Waals surface area contributed by atoms with Crippen molar-refractivity contribution in [2.45, 2.75) is 12.5 Å². The number of ether oxygens (including phenoxy) is 2. The highest BCUT2D eigenvalue weighted by Gasteiger charge is 2.24. The molecule has 0 fully saturated rings. The average molecular weight is 387 g/mol. The molecule has 1 aromatic carbocycles. The maximum absolute atomic E-state index is 12.3. The largest absolute Gasteiger partial charge is 0.482 e. The number of hydrogen-bond acceptors (Lipinski definition) is 5. The van der Waals surface area contributed by atoms with Gasteiger partial charge in [0.15, 0.2) is 6.61 Å². The van der Waals surface area contributed by atoms with Gasteiger partial charge in [-0.1, -0.05) is 0 Å². The third-order valence-electron chi connectivity index (χ3n) is 3.16. The lowest BCUT2D eigenvalue weighted by Crippen LogP contribution is -2.41. The minimum absolute atomic E-state index is 0.138. The fourth-order valence-corrected chi connectivity index (χ4v) is 2.53. The number of carboxylic acids is 1. The number of amides is 2. The number of hydrogen-bond donors (Lipinski definition) is 3. The van der Waals surface area contributed by atoms with Gasteiger partial charge in [0, 0.05) is 24.6 Å². The molecule has 0 bridgehead atoms. The first-order chi connectivity index (χ1) is 10.9. The van der Waals surface area contributed by atoms with Gasteiger partial charge >= 0.3 is 5.97 Å². The third-order valence-corrected chi connectivity index (χ3v) is 3.82. The molecule has 3 N–H and O–H groups in total. The SMILES string of the molecule is COCCC(NC(=O)c1cc2c(cc1Br)NC(=O)CO2)C(=O)O. The predicted octanol–water partition coefficient (Wildman–Crippen LogP) is 0.999. The molecule has 1 aliphatic heterocycles. The first-order valence-corrected chi connectivity index (χ1v) is 7.50. The zero-order chi connectivity index (χ0) is 17.0. The van der Waals surface area contributed by atoms with E-state index < -0.39 is 17.9 Å². The lowest BCUT2D eigenvalue weighted by atomic mass is 10.1. The number of carbonyl (C=O) groups is 3. The van der Waals surface area contributed by atoms with Crippen molar-refractivity contribution in [3.63, 3.8) is 0 Å². The molecule has 1 atom stereocenters. The van der Waals surface area contributed by atoms with Gasteiger partial charge in [0.05, 0.1) is 11.3 Å². The van der Waals surface area contributed by atoms with Crippen LogP contribution in [-0.2, 0) is 14.3 Å². The van der Waals surface area contributed by atoms with Crippen molar-refractivity contribution in [2.75, 3.05) is 25.6 Å². The summed E-state index contributed by atoms with van der Waals surface area (Å²) in [5, 5.41) is 14.2. The molecule has 2 amide bonds. The van der Waals surface area contributed by atoms with Crippen molar-refractivity contribution in [2.24, 2.45) is 0 Å². The van der Waals surface area contributed by atoms with Crippen molar-refractivity contribution in [1.82, 2.24) is 5.32 Å². The molecular weight excluding hydrogens is 372 g/mol. The maximum atomic E-state index is 12.3. The number of carboxylic acid groups (broad SMARTS) is 1. The van der Waals surface area contributed by atoms with E-state index in [1.54, 1.807) is 0 Å². The van der Waals surface area contributed by atoms with Gasteiger partial charge in [-0.05, 0) is 28.1 Å². The maximum Gasteiger partial charge on any atom is 0.326 e. The lowest BCUT2D eigenvalue weighted by Gasteiger charge is -2.20. The molecule has 1 heterocycles. The molecule has 8 nitrogen and oxygen atoms in total. The Morgan fingerprint density at radius 2 is 2.26 bits per heavy atom. The molecule has 0 saturated carbocycles. The van der Waals surface area contributed by atoms with Crippen LogP contribution in [0.1, 0.15) is 16.8 Å². The average Bonchev–Trinajstić information content (AvgIpc) is 2.50. The fourth-order valence-electron chi connectivity index (χ4n) is 2.00. The van der Waals surface area contributed by atoms with E-state index in [9.17, 15) is 14.4 Å². The van der Waals surface area contributed by atoms with Gasteiger partial charge in [0.25, 0.3) is 11.8 Å². The van der Waals surface area contributed by atoms with Gasteiger partial charge in [0.2, 0.25) is 0 Å². The second kappa shape index (κ2) is 7.42. The van der Waals surface area contributed by atoms with Gasteiger partial charge < -0.3 is 25.2 Å². The van der Waals surface area contributed by atoms with Gasteiger partial charge in [-0.3, -0.25) is 9.59 Å². The molecule has 0 radical (unpaired) electrons.